The van der Waals surface area contributed by atoms with Crippen LogP contribution in [0.4, 0.5) is 18.9 Å². The number of nitrogens with one attached hydrogen (secondary N) is 2. The van der Waals surface area contributed by atoms with Crippen molar-refractivity contribution in [2.24, 2.45) is 0 Å². The van der Waals surface area contributed by atoms with Crippen molar-refractivity contribution in [3.63, 3.8) is 0 Å². The van der Waals surface area contributed by atoms with E-state index in [0.29, 0.717) is 17.1 Å². The summed E-state index contributed by atoms with van der Waals surface area (Å²) in [6.45, 7) is 0.119. The number of alkyl halides is 3. The number of amides is 2. The fraction of sp³-hybridized carbons (Fsp3) is 0.222. The zero-order valence-electron chi connectivity index (χ0n) is 14.5. The van der Waals surface area contributed by atoms with Crippen molar-refractivity contribution >= 4 is 17.5 Å². The van der Waals surface area contributed by atoms with E-state index in [1.54, 1.807) is 23.5 Å². The van der Waals surface area contributed by atoms with E-state index in [1.165, 1.54) is 38.5 Å². The Labute approximate surface area is 153 Å². The van der Waals surface area contributed by atoms with E-state index in [2.05, 4.69) is 5.32 Å². The summed E-state index contributed by atoms with van der Waals surface area (Å²) in [5.41, 5.74) is 0.859. The number of carbonyl (C=O) groups is 2. The first-order valence-corrected chi connectivity index (χ1v) is 7.72. The van der Waals surface area contributed by atoms with Crippen molar-refractivity contribution < 1.29 is 32.2 Å². The molecule has 0 atom stereocenters. The number of benzene rings is 2. The van der Waals surface area contributed by atoms with Gasteiger partial charge in [0.05, 0.1) is 14.2 Å². The third kappa shape index (κ3) is 5.13. The molecule has 2 rings (SSSR count). The lowest BCUT2D eigenvalue weighted by molar-refractivity contribution is -0.167. The van der Waals surface area contributed by atoms with Crippen LogP contribution in [0.1, 0.15) is 15.9 Å². The molecular formula is C18H17F3N2O4. The van der Waals surface area contributed by atoms with Gasteiger partial charge in [-0.05, 0) is 29.8 Å². The highest BCUT2D eigenvalue weighted by atomic mass is 19.4. The first-order chi connectivity index (χ1) is 12.8. The van der Waals surface area contributed by atoms with Crippen LogP contribution in [0.25, 0.3) is 0 Å². The molecule has 0 radical (unpaired) electrons. The number of carbonyl (C=O) groups excluding carboxylic acids is 2. The maximum Gasteiger partial charge on any atom is 0.471 e. The molecule has 0 aromatic heterocycles. The maximum absolute atomic E-state index is 12.4. The Morgan fingerprint density at radius 3 is 2.00 bits per heavy atom. The minimum absolute atomic E-state index is 0.00111. The Morgan fingerprint density at radius 1 is 0.963 bits per heavy atom. The van der Waals surface area contributed by atoms with Crippen molar-refractivity contribution in [1.82, 2.24) is 5.32 Å². The molecular weight excluding hydrogens is 365 g/mol. The van der Waals surface area contributed by atoms with E-state index in [1.807, 2.05) is 0 Å². The quantitative estimate of drug-likeness (QED) is 0.805. The molecule has 144 valence electrons. The van der Waals surface area contributed by atoms with Crippen LogP contribution in [0, 0.1) is 0 Å². The van der Waals surface area contributed by atoms with Gasteiger partial charge < -0.3 is 20.1 Å². The molecule has 0 aliphatic carbocycles. The van der Waals surface area contributed by atoms with Crippen LogP contribution >= 0.6 is 0 Å². The molecule has 0 unspecified atom stereocenters. The van der Waals surface area contributed by atoms with Gasteiger partial charge in [-0.1, -0.05) is 18.2 Å². The Balaban J connectivity index is 2.03. The van der Waals surface area contributed by atoms with Gasteiger partial charge in [-0.15, -0.1) is 0 Å². The summed E-state index contributed by atoms with van der Waals surface area (Å²) in [5, 5.41) is 4.43. The van der Waals surface area contributed by atoms with Crippen molar-refractivity contribution in [3.8, 4) is 11.5 Å². The fourth-order valence-electron chi connectivity index (χ4n) is 2.25. The number of hydrogen-bond acceptors (Lipinski definition) is 4. The molecule has 0 bridgehead atoms. The number of rotatable bonds is 6. The van der Waals surface area contributed by atoms with Gasteiger partial charge in [0, 0.05) is 12.2 Å². The van der Waals surface area contributed by atoms with Gasteiger partial charge in [0.15, 0.2) is 0 Å². The number of methoxy groups -OCH3 is 2. The predicted octanol–water partition coefficient (Wildman–Crippen LogP) is 3.13. The Morgan fingerprint density at radius 2 is 1.52 bits per heavy atom. The average Bonchev–Trinajstić information content (AvgIpc) is 2.65. The second kappa shape index (κ2) is 8.43. The highest BCUT2D eigenvalue weighted by Crippen LogP contribution is 2.28. The summed E-state index contributed by atoms with van der Waals surface area (Å²) in [4.78, 5) is 23.3. The number of halogens is 3. The lowest BCUT2D eigenvalue weighted by atomic mass is 10.1. The number of ether oxygens (including phenoxy) is 2. The van der Waals surface area contributed by atoms with Crippen LogP contribution in [0.2, 0.25) is 0 Å². The average molecular weight is 382 g/mol. The molecule has 0 aliphatic heterocycles. The lowest BCUT2D eigenvalue weighted by Crippen LogP contribution is -2.29. The standard InChI is InChI=1S/C18H17F3N2O4/c1-26-13-4-3-5-14(27-2)15(13)16(24)22-10-11-6-8-12(9-7-11)23-17(25)18(19,20)21/h3-9H,10H2,1-2H3,(H,22,24)(H,23,25). The summed E-state index contributed by atoms with van der Waals surface area (Å²) in [7, 11) is 2.86. The smallest absolute Gasteiger partial charge is 0.471 e. The molecule has 2 amide bonds. The van der Waals surface area contributed by atoms with Crippen LogP contribution < -0.4 is 20.1 Å². The van der Waals surface area contributed by atoms with Gasteiger partial charge in [0.25, 0.3) is 5.91 Å². The first kappa shape index (κ1) is 20.1. The monoisotopic (exact) mass is 382 g/mol. The summed E-state index contributed by atoms with van der Waals surface area (Å²) >= 11 is 0. The summed E-state index contributed by atoms with van der Waals surface area (Å²) < 4.78 is 47.0. The topological polar surface area (TPSA) is 76.7 Å². The van der Waals surface area contributed by atoms with Crippen molar-refractivity contribution in [3.05, 3.63) is 53.6 Å². The molecule has 0 fully saturated rings. The molecule has 9 heteroatoms. The van der Waals surface area contributed by atoms with E-state index in [9.17, 15) is 22.8 Å². The van der Waals surface area contributed by atoms with E-state index < -0.39 is 18.0 Å². The van der Waals surface area contributed by atoms with Crippen molar-refractivity contribution in [2.75, 3.05) is 19.5 Å². The third-order valence-electron chi connectivity index (χ3n) is 3.58. The molecule has 0 saturated heterocycles. The van der Waals surface area contributed by atoms with Gasteiger partial charge in [-0.3, -0.25) is 9.59 Å². The number of anilines is 1. The lowest BCUT2D eigenvalue weighted by Gasteiger charge is -2.13. The van der Waals surface area contributed by atoms with Crippen LogP contribution in [-0.4, -0.2) is 32.2 Å². The van der Waals surface area contributed by atoms with Crippen LogP contribution in [0.3, 0.4) is 0 Å². The highest BCUT2D eigenvalue weighted by molar-refractivity contribution is 5.99. The zero-order chi connectivity index (χ0) is 20.0. The van der Waals surface area contributed by atoms with Gasteiger partial charge in [0.2, 0.25) is 0 Å². The van der Waals surface area contributed by atoms with E-state index in [-0.39, 0.29) is 17.8 Å². The second-order valence-electron chi connectivity index (χ2n) is 5.37. The Hall–Kier alpha value is -3.23. The number of hydrogen-bond donors (Lipinski definition) is 2. The Kier molecular flexibility index (Phi) is 6.27. The Bertz CT molecular complexity index is 798. The molecule has 6 nitrogen and oxygen atoms in total. The second-order valence-corrected chi connectivity index (χ2v) is 5.37. The highest BCUT2D eigenvalue weighted by Gasteiger charge is 2.38. The van der Waals surface area contributed by atoms with Crippen LogP contribution in [0.15, 0.2) is 42.5 Å². The van der Waals surface area contributed by atoms with Crippen molar-refractivity contribution in [2.45, 2.75) is 12.7 Å². The molecule has 0 aliphatic rings. The normalized spacial score (nSPS) is 10.9. The van der Waals surface area contributed by atoms with Gasteiger partial charge in [-0.25, -0.2) is 0 Å². The maximum atomic E-state index is 12.4. The minimum atomic E-state index is -4.96. The SMILES string of the molecule is COc1cccc(OC)c1C(=O)NCc1ccc(NC(=O)C(F)(F)F)cc1. The van der Waals surface area contributed by atoms with Crippen LogP contribution in [0.5, 0.6) is 11.5 Å². The molecule has 2 aromatic rings. The van der Waals surface area contributed by atoms with Gasteiger partial charge in [0.1, 0.15) is 17.1 Å². The van der Waals surface area contributed by atoms with E-state index in [0.717, 1.165) is 0 Å². The molecule has 27 heavy (non-hydrogen) atoms. The molecule has 2 N–H and O–H groups in total. The minimum Gasteiger partial charge on any atom is -0.496 e. The molecule has 0 spiro atoms. The van der Waals surface area contributed by atoms with Crippen LogP contribution in [-0.2, 0) is 11.3 Å². The summed E-state index contributed by atoms with van der Waals surface area (Å²) in [6, 6.07) is 10.5. The molecule has 0 saturated carbocycles. The molecule has 2 aromatic carbocycles. The van der Waals surface area contributed by atoms with Crippen molar-refractivity contribution in [1.29, 1.82) is 0 Å². The van der Waals surface area contributed by atoms with E-state index >= 15 is 0 Å². The molecule has 0 heterocycles. The third-order valence-corrected chi connectivity index (χ3v) is 3.58. The first-order valence-electron chi connectivity index (χ1n) is 7.72. The van der Waals surface area contributed by atoms with Gasteiger partial charge in [-0.2, -0.15) is 13.2 Å². The van der Waals surface area contributed by atoms with Gasteiger partial charge >= 0.3 is 12.1 Å². The predicted molar refractivity (Wildman–Crippen MR) is 91.8 cm³/mol. The summed E-state index contributed by atoms with van der Waals surface area (Å²) in [6.07, 6.45) is -4.96. The largest absolute Gasteiger partial charge is 0.496 e. The zero-order valence-corrected chi connectivity index (χ0v) is 14.5. The summed E-state index contributed by atoms with van der Waals surface area (Å²) in [5.74, 6) is -1.79. The fourth-order valence-corrected chi connectivity index (χ4v) is 2.25. The van der Waals surface area contributed by atoms with E-state index in [4.69, 9.17) is 9.47 Å².